The fraction of sp³-hybridized carbons (Fsp3) is 0.636. The van der Waals surface area contributed by atoms with Gasteiger partial charge in [-0.15, -0.1) is 11.3 Å². The summed E-state index contributed by atoms with van der Waals surface area (Å²) in [5.74, 6) is -6.87. The highest BCUT2D eigenvalue weighted by Crippen LogP contribution is 2.49. The first-order valence-corrected chi connectivity index (χ1v) is 11.0. The number of primary sulfonamides is 1. The summed E-state index contributed by atoms with van der Waals surface area (Å²) in [6.07, 6.45) is -0.601. The Kier molecular flexibility index (Phi) is 5.67. The first-order valence-electron chi connectivity index (χ1n) is 7.07. The van der Waals surface area contributed by atoms with Gasteiger partial charge in [-0.25, -0.2) is 22.0 Å². The molecule has 1 aromatic heterocycles. The SMILES string of the molecule is CC(O)(O)NC1CC(OCC(O)(O)O)S(=O)(=O)c2sc(S(N)(=O)=O)c(O)c21. The maximum atomic E-state index is 12.7. The minimum atomic E-state index is -4.51. The summed E-state index contributed by atoms with van der Waals surface area (Å²) in [6.45, 7) is -0.357. The van der Waals surface area contributed by atoms with E-state index in [9.17, 15) is 32.2 Å². The number of thiophene rings is 1. The normalized spacial score (nSPS) is 23.2. The monoisotopic (exact) mass is 450 g/mol. The molecule has 0 aliphatic carbocycles. The molecule has 0 bridgehead atoms. The Morgan fingerprint density at radius 2 is 1.85 bits per heavy atom. The Morgan fingerprint density at radius 1 is 1.30 bits per heavy atom. The number of hydrogen-bond donors (Lipinski definition) is 8. The molecule has 2 atom stereocenters. The highest BCUT2D eigenvalue weighted by atomic mass is 32.3. The van der Waals surface area contributed by atoms with Gasteiger partial charge in [0.1, 0.15) is 10.8 Å². The predicted octanol–water partition coefficient (Wildman–Crippen LogP) is -3.46. The van der Waals surface area contributed by atoms with Gasteiger partial charge < -0.3 is 35.4 Å². The fourth-order valence-corrected chi connectivity index (χ4v) is 6.98. The smallest absolute Gasteiger partial charge is 0.300 e. The van der Waals surface area contributed by atoms with Crippen molar-refractivity contribution in [3.8, 4) is 5.75 Å². The number of fused-ring (bicyclic) bond motifs is 1. The molecular formula is C11H18N2O11S3. The summed E-state index contributed by atoms with van der Waals surface area (Å²) in [5.41, 5.74) is -2.30. The van der Waals surface area contributed by atoms with Crippen molar-refractivity contribution >= 4 is 31.2 Å². The second-order valence-corrected chi connectivity index (χ2v) is 11.1. The van der Waals surface area contributed by atoms with Crippen LogP contribution in [0, 0.1) is 0 Å². The number of nitrogens with one attached hydrogen (secondary N) is 1. The van der Waals surface area contributed by atoms with E-state index in [0.717, 1.165) is 6.92 Å². The molecule has 2 unspecified atom stereocenters. The van der Waals surface area contributed by atoms with Crippen LogP contribution in [0.25, 0.3) is 0 Å². The summed E-state index contributed by atoms with van der Waals surface area (Å²) in [7, 11) is -8.98. The number of sulfone groups is 1. The minimum Gasteiger partial charge on any atom is -0.505 e. The molecule has 1 aliphatic rings. The molecule has 0 saturated carbocycles. The lowest BCUT2D eigenvalue weighted by Gasteiger charge is -2.33. The molecule has 156 valence electrons. The van der Waals surface area contributed by atoms with Crippen LogP contribution in [0.3, 0.4) is 0 Å². The Hall–Kier alpha value is -0.920. The maximum Gasteiger partial charge on any atom is 0.300 e. The van der Waals surface area contributed by atoms with E-state index in [1.54, 1.807) is 0 Å². The van der Waals surface area contributed by atoms with Crippen LogP contribution in [0.15, 0.2) is 8.42 Å². The summed E-state index contributed by atoms with van der Waals surface area (Å²) in [6, 6.07) is -1.34. The number of nitrogens with two attached hydrogens (primary N) is 1. The van der Waals surface area contributed by atoms with E-state index in [-0.39, 0.29) is 11.3 Å². The molecule has 1 aromatic rings. The topological polar surface area (TPSA) is 237 Å². The molecule has 2 rings (SSSR count). The van der Waals surface area contributed by atoms with E-state index >= 15 is 0 Å². The van der Waals surface area contributed by atoms with Crippen molar-refractivity contribution in [1.29, 1.82) is 0 Å². The molecule has 1 aliphatic heterocycles. The standard InChI is InChI=1S/C11H18N2O11S3/c1-10(15,16)13-4-2-5(24-3-11(17,18)19)26(20,21)8-6(4)7(14)9(25-8)27(12,22)23/h4-5,13-19H,2-3H2,1H3,(H2,12,22,23). The van der Waals surface area contributed by atoms with Gasteiger partial charge in [-0.05, 0) is 0 Å². The molecule has 0 radical (unpaired) electrons. The van der Waals surface area contributed by atoms with Gasteiger partial charge in [-0.1, -0.05) is 0 Å². The van der Waals surface area contributed by atoms with Crippen LogP contribution in [-0.2, 0) is 24.6 Å². The molecule has 0 amide bonds. The molecule has 27 heavy (non-hydrogen) atoms. The lowest BCUT2D eigenvalue weighted by Crippen LogP contribution is -2.48. The van der Waals surface area contributed by atoms with Gasteiger partial charge in [-0.2, -0.15) is 0 Å². The van der Waals surface area contributed by atoms with Gasteiger partial charge in [0.2, 0.25) is 15.7 Å². The third-order valence-corrected chi connectivity index (χ3v) is 8.55. The van der Waals surface area contributed by atoms with Crippen LogP contribution in [0.2, 0.25) is 0 Å². The quantitative estimate of drug-likeness (QED) is 0.197. The van der Waals surface area contributed by atoms with Gasteiger partial charge in [0, 0.05) is 24.9 Å². The van der Waals surface area contributed by atoms with E-state index in [4.69, 9.17) is 25.2 Å². The van der Waals surface area contributed by atoms with Crippen LogP contribution in [-0.4, -0.2) is 71.4 Å². The van der Waals surface area contributed by atoms with Crippen molar-refractivity contribution in [2.24, 2.45) is 5.14 Å². The molecule has 13 nitrogen and oxygen atoms in total. The molecule has 2 heterocycles. The number of sulfonamides is 1. The molecular weight excluding hydrogens is 432 g/mol. The molecule has 0 saturated heterocycles. The van der Waals surface area contributed by atoms with E-state index in [0.29, 0.717) is 0 Å². The van der Waals surface area contributed by atoms with Gasteiger partial charge in [0.25, 0.3) is 16.0 Å². The largest absolute Gasteiger partial charge is 0.505 e. The molecule has 16 heteroatoms. The van der Waals surface area contributed by atoms with E-state index in [1.807, 2.05) is 0 Å². The van der Waals surface area contributed by atoms with Crippen molar-refractivity contribution in [1.82, 2.24) is 5.32 Å². The van der Waals surface area contributed by atoms with Crippen LogP contribution in [0.5, 0.6) is 5.75 Å². The minimum absolute atomic E-state index is 0.121. The van der Waals surface area contributed by atoms with Crippen molar-refractivity contribution < 1.29 is 52.2 Å². The summed E-state index contributed by atoms with van der Waals surface area (Å²) in [5, 5.41) is 63.0. The second-order valence-electron chi connectivity index (χ2n) is 6.00. The number of ether oxygens (including phenoxy) is 1. The predicted molar refractivity (Wildman–Crippen MR) is 87.0 cm³/mol. The number of aliphatic hydroxyl groups is 5. The van der Waals surface area contributed by atoms with Crippen LogP contribution in [0.1, 0.15) is 24.9 Å². The Balaban J connectivity index is 2.61. The summed E-state index contributed by atoms with van der Waals surface area (Å²) < 4.78 is 51.8. The van der Waals surface area contributed by atoms with Crippen LogP contribution < -0.4 is 10.5 Å². The molecule has 0 aromatic carbocycles. The van der Waals surface area contributed by atoms with Gasteiger partial charge in [0.15, 0.2) is 15.4 Å². The van der Waals surface area contributed by atoms with Crippen molar-refractivity contribution in [3.63, 3.8) is 0 Å². The Labute approximate surface area is 157 Å². The molecule has 0 spiro atoms. The molecule has 0 fully saturated rings. The highest BCUT2D eigenvalue weighted by Gasteiger charge is 2.47. The first kappa shape index (κ1) is 22.4. The second kappa shape index (κ2) is 6.85. The molecule has 9 N–H and O–H groups in total. The van der Waals surface area contributed by atoms with E-state index < -0.39 is 76.0 Å². The third-order valence-electron chi connectivity index (χ3n) is 3.40. The number of aromatic hydroxyl groups is 1. The Bertz CT molecular complexity index is 924. The lowest BCUT2D eigenvalue weighted by atomic mass is 10.1. The van der Waals surface area contributed by atoms with Crippen molar-refractivity contribution in [2.45, 2.75) is 45.1 Å². The Morgan fingerprint density at radius 3 is 2.30 bits per heavy atom. The number of hydrogen-bond acceptors (Lipinski definition) is 13. The average molecular weight is 450 g/mol. The fourth-order valence-electron chi connectivity index (χ4n) is 2.49. The zero-order valence-electron chi connectivity index (χ0n) is 13.6. The van der Waals surface area contributed by atoms with E-state index in [1.165, 1.54) is 0 Å². The van der Waals surface area contributed by atoms with Gasteiger partial charge in [-0.3, -0.25) is 5.32 Å². The van der Waals surface area contributed by atoms with Crippen molar-refractivity contribution in [3.05, 3.63) is 5.56 Å². The summed E-state index contributed by atoms with van der Waals surface area (Å²) >= 11 is 0.121. The average Bonchev–Trinajstić information content (AvgIpc) is 2.77. The van der Waals surface area contributed by atoms with Gasteiger partial charge >= 0.3 is 0 Å². The first-order chi connectivity index (χ1) is 11.9. The van der Waals surface area contributed by atoms with Gasteiger partial charge in [0.05, 0.1) is 0 Å². The van der Waals surface area contributed by atoms with Crippen molar-refractivity contribution in [2.75, 3.05) is 6.61 Å². The zero-order valence-corrected chi connectivity index (χ0v) is 16.0. The van der Waals surface area contributed by atoms with Crippen LogP contribution in [0.4, 0.5) is 0 Å². The maximum absolute atomic E-state index is 12.7. The third kappa shape index (κ3) is 4.93. The highest BCUT2D eigenvalue weighted by molar-refractivity contribution is 7.95. The van der Waals surface area contributed by atoms with Crippen LogP contribution >= 0.6 is 11.3 Å². The lowest BCUT2D eigenvalue weighted by molar-refractivity contribution is -0.333. The van der Waals surface area contributed by atoms with E-state index in [2.05, 4.69) is 5.32 Å². The number of rotatable bonds is 6. The zero-order chi connectivity index (χ0) is 21.0. The summed E-state index contributed by atoms with van der Waals surface area (Å²) in [4.78, 5) is 0.